The first-order valence-electron chi connectivity index (χ1n) is 14.2. The monoisotopic (exact) mass is 628 g/mol. The molecule has 0 spiro atoms. The van der Waals surface area contributed by atoms with E-state index < -0.39 is 17.8 Å². The highest BCUT2D eigenvalue weighted by molar-refractivity contribution is 6.06. The second-order valence-corrected chi connectivity index (χ2v) is 10.2. The van der Waals surface area contributed by atoms with Gasteiger partial charge in [0.05, 0.1) is 19.3 Å². The third-order valence-corrected chi connectivity index (χ3v) is 5.93. The van der Waals surface area contributed by atoms with Crippen LogP contribution < -0.4 is 24.8 Å². The van der Waals surface area contributed by atoms with E-state index in [2.05, 4.69) is 30.8 Å². The number of hydrogen-bond donors (Lipinski definition) is 2. The van der Waals surface area contributed by atoms with Crippen molar-refractivity contribution in [1.29, 1.82) is 0 Å². The van der Waals surface area contributed by atoms with Gasteiger partial charge in [0, 0.05) is 0 Å². The maximum Gasteiger partial charge on any atom is 0.356 e. The van der Waals surface area contributed by atoms with Crippen LogP contribution in [0.25, 0.3) is 0 Å². The Bertz CT molecular complexity index is 1730. The number of pyridine rings is 3. The van der Waals surface area contributed by atoms with Crippen molar-refractivity contribution >= 4 is 34.8 Å². The fourth-order valence-electron chi connectivity index (χ4n) is 3.88. The third-order valence-electron chi connectivity index (χ3n) is 5.93. The first kappa shape index (κ1) is 33.0. The number of rotatable bonds is 13. The average molecular weight is 629 g/mol. The number of amides is 2. The molecule has 0 radical (unpaired) electrons. The Labute approximate surface area is 264 Å². The van der Waals surface area contributed by atoms with Gasteiger partial charge in [-0.2, -0.15) is 0 Å². The lowest BCUT2D eigenvalue weighted by atomic mass is 10.2. The number of anilines is 2. The van der Waals surface area contributed by atoms with Crippen molar-refractivity contribution in [2.75, 3.05) is 17.7 Å². The minimum atomic E-state index is -0.666. The number of methoxy groups -OCH3 is 1. The molecule has 238 valence electrons. The number of carbonyl (C=O) groups excluding carboxylic acids is 3. The fraction of sp³-hybridized carbons (Fsp3) is 0.250. The van der Waals surface area contributed by atoms with E-state index in [9.17, 15) is 19.3 Å². The fourth-order valence-corrected chi connectivity index (χ4v) is 3.88. The summed E-state index contributed by atoms with van der Waals surface area (Å²) in [5.41, 5.74) is 0.997. The Hall–Kier alpha value is -5.92. The SMILES string of the molecule is COC(=O)c1ccc(NC(=O)c2ccc(NC(=O)c3ccc(N=O)c(OC(C)C)n3)c(OCc3ccccc3)n2)c(OC(C)C)n1. The minimum Gasteiger partial charge on any atom is -0.473 e. The zero-order valence-electron chi connectivity index (χ0n) is 25.8. The van der Waals surface area contributed by atoms with Gasteiger partial charge < -0.3 is 29.6 Å². The van der Waals surface area contributed by atoms with Crippen molar-refractivity contribution in [3.05, 3.63) is 94.3 Å². The van der Waals surface area contributed by atoms with Crippen molar-refractivity contribution in [3.8, 4) is 17.6 Å². The second kappa shape index (κ2) is 15.2. The maximum absolute atomic E-state index is 13.3. The van der Waals surface area contributed by atoms with Gasteiger partial charge >= 0.3 is 5.97 Å². The molecule has 3 heterocycles. The molecule has 0 saturated carbocycles. The molecule has 2 amide bonds. The van der Waals surface area contributed by atoms with E-state index in [-0.39, 0.29) is 70.6 Å². The van der Waals surface area contributed by atoms with Crippen molar-refractivity contribution in [2.24, 2.45) is 5.18 Å². The van der Waals surface area contributed by atoms with Crippen molar-refractivity contribution in [2.45, 2.75) is 46.5 Å². The van der Waals surface area contributed by atoms with Crippen molar-refractivity contribution < 1.29 is 33.3 Å². The minimum absolute atomic E-state index is 0.000377. The molecule has 0 aliphatic heterocycles. The predicted octanol–water partition coefficient (Wildman–Crippen LogP) is 5.71. The smallest absolute Gasteiger partial charge is 0.356 e. The summed E-state index contributed by atoms with van der Waals surface area (Å²) in [7, 11) is 1.23. The van der Waals surface area contributed by atoms with Crippen molar-refractivity contribution in [3.63, 3.8) is 0 Å². The number of esters is 1. The molecule has 4 aromatic rings. The third kappa shape index (κ3) is 8.59. The predicted molar refractivity (Wildman–Crippen MR) is 168 cm³/mol. The maximum atomic E-state index is 13.3. The molecular formula is C32H32N6O8. The molecule has 0 aliphatic rings. The summed E-state index contributed by atoms with van der Waals surface area (Å²) in [5.74, 6) is -2.08. The first-order valence-corrected chi connectivity index (χ1v) is 14.2. The van der Waals surface area contributed by atoms with Crippen LogP contribution >= 0.6 is 0 Å². The van der Waals surface area contributed by atoms with Gasteiger partial charge in [-0.05, 0) is 74.8 Å². The van der Waals surface area contributed by atoms with Crippen molar-refractivity contribution in [1.82, 2.24) is 15.0 Å². The Morgan fingerprint density at radius 3 is 1.80 bits per heavy atom. The quantitative estimate of drug-likeness (QED) is 0.137. The molecule has 0 unspecified atom stereocenters. The summed E-state index contributed by atoms with van der Waals surface area (Å²) in [5, 5.41) is 8.28. The number of aromatic nitrogens is 3. The number of nitrogens with zero attached hydrogens (tertiary/aromatic N) is 4. The zero-order chi connectivity index (χ0) is 33.2. The highest BCUT2D eigenvalue weighted by atomic mass is 16.5. The van der Waals surface area contributed by atoms with Crippen LogP contribution in [0.1, 0.15) is 64.7 Å². The molecule has 14 nitrogen and oxygen atoms in total. The molecular weight excluding hydrogens is 596 g/mol. The van der Waals surface area contributed by atoms with Crippen LogP contribution in [0, 0.1) is 4.91 Å². The van der Waals surface area contributed by atoms with Crippen LogP contribution in [-0.2, 0) is 11.3 Å². The standard InChI is InChI=1S/C32H32N6O8/c1-18(2)45-30-24(14-16-26(37-30)32(41)43-5)34-27(39)21-11-13-23(29(35-21)44-17-20-9-7-6-8-10-20)33-28(40)22-12-15-25(38-42)31(36-22)46-19(3)4/h6-16,18-19H,17H2,1-5H3,(H,33,40)(H,34,39). The Morgan fingerprint density at radius 2 is 1.22 bits per heavy atom. The molecule has 0 fully saturated rings. The summed E-state index contributed by atoms with van der Waals surface area (Å²) in [4.78, 5) is 62.4. The number of carbonyl (C=O) groups is 3. The van der Waals surface area contributed by atoms with Gasteiger partial charge in [-0.25, -0.2) is 19.7 Å². The Morgan fingerprint density at radius 1 is 0.696 bits per heavy atom. The highest BCUT2D eigenvalue weighted by Gasteiger charge is 2.21. The number of nitroso groups, excluding NO2 is 1. The van der Waals surface area contributed by atoms with Crippen LogP contribution in [0.2, 0.25) is 0 Å². The number of nitrogens with one attached hydrogen (secondary N) is 2. The van der Waals surface area contributed by atoms with Gasteiger partial charge in [0.25, 0.3) is 11.8 Å². The van der Waals surface area contributed by atoms with Gasteiger partial charge in [0.1, 0.15) is 29.4 Å². The topological polar surface area (TPSA) is 180 Å². The zero-order valence-corrected chi connectivity index (χ0v) is 25.8. The molecule has 46 heavy (non-hydrogen) atoms. The van der Waals surface area contributed by atoms with Gasteiger partial charge in [-0.3, -0.25) is 9.59 Å². The summed E-state index contributed by atoms with van der Waals surface area (Å²) in [6.07, 6.45) is -0.634. The first-order chi connectivity index (χ1) is 22.1. The lowest BCUT2D eigenvalue weighted by molar-refractivity contribution is 0.0592. The van der Waals surface area contributed by atoms with Crippen LogP contribution in [0.15, 0.2) is 71.9 Å². The molecule has 0 aliphatic carbocycles. The molecule has 0 bridgehead atoms. The number of ether oxygens (including phenoxy) is 4. The van der Waals surface area contributed by atoms with E-state index in [4.69, 9.17) is 18.9 Å². The number of hydrogen-bond acceptors (Lipinski definition) is 12. The van der Waals surface area contributed by atoms with Gasteiger partial charge in [0.15, 0.2) is 11.4 Å². The Balaban J connectivity index is 1.63. The number of benzene rings is 1. The van der Waals surface area contributed by atoms with E-state index in [0.717, 1.165) is 5.56 Å². The molecule has 1 aromatic carbocycles. The van der Waals surface area contributed by atoms with Crippen LogP contribution in [0.5, 0.6) is 17.6 Å². The van der Waals surface area contributed by atoms with Gasteiger partial charge in [0.2, 0.25) is 17.6 Å². The van der Waals surface area contributed by atoms with E-state index in [1.54, 1.807) is 27.7 Å². The Kier molecular flexibility index (Phi) is 10.9. The normalized spacial score (nSPS) is 10.7. The van der Waals surface area contributed by atoms with Crippen LogP contribution in [0.4, 0.5) is 17.1 Å². The summed E-state index contributed by atoms with van der Waals surface area (Å²) < 4.78 is 21.9. The van der Waals surface area contributed by atoms with Crippen LogP contribution in [0.3, 0.4) is 0 Å². The van der Waals surface area contributed by atoms with Gasteiger partial charge in [-0.15, -0.1) is 4.91 Å². The molecule has 0 saturated heterocycles. The lowest BCUT2D eigenvalue weighted by Gasteiger charge is -2.16. The second-order valence-electron chi connectivity index (χ2n) is 10.2. The van der Waals surface area contributed by atoms with E-state index in [1.807, 2.05) is 30.3 Å². The summed E-state index contributed by atoms with van der Waals surface area (Å²) in [6.45, 7) is 7.11. The van der Waals surface area contributed by atoms with Crippen LogP contribution in [-0.4, -0.2) is 52.1 Å². The lowest BCUT2D eigenvalue weighted by Crippen LogP contribution is -2.19. The van der Waals surface area contributed by atoms with E-state index in [1.165, 1.54) is 43.5 Å². The molecule has 0 atom stereocenters. The molecule has 4 rings (SSSR count). The highest BCUT2D eigenvalue weighted by Crippen LogP contribution is 2.29. The molecule has 2 N–H and O–H groups in total. The summed E-state index contributed by atoms with van der Waals surface area (Å²) >= 11 is 0. The van der Waals surface area contributed by atoms with E-state index >= 15 is 0 Å². The average Bonchev–Trinajstić information content (AvgIpc) is 3.04. The molecule has 14 heteroatoms. The molecule has 3 aromatic heterocycles. The largest absolute Gasteiger partial charge is 0.473 e. The summed E-state index contributed by atoms with van der Waals surface area (Å²) in [6, 6.07) is 17.6. The van der Waals surface area contributed by atoms with E-state index in [0.29, 0.717) is 0 Å². The van der Waals surface area contributed by atoms with Gasteiger partial charge in [-0.1, -0.05) is 30.3 Å².